The number of amides is 1. The third kappa shape index (κ3) is 3.52. The molecule has 25 heavy (non-hydrogen) atoms. The van der Waals surface area contributed by atoms with Gasteiger partial charge in [0.1, 0.15) is 5.65 Å². The molecule has 2 heterocycles. The smallest absolute Gasteiger partial charge is 0.309 e. The highest BCUT2D eigenvalue weighted by Crippen LogP contribution is 2.25. The van der Waals surface area contributed by atoms with E-state index in [2.05, 4.69) is 15.2 Å². The summed E-state index contributed by atoms with van der Waals surface area (Å²) in [5.74, 6) is -1.16. The number of rotatable bonds is 5. The molecule has 0 unspecified atom stereocenters. The molecule has 3 aromatic rings. The van der Waals surface area contributed by atoms with Crippen molar-refractivity contribution in [1.29, 1.82) is 0 Å². The molecule has 0 aliphatic heterocycles. The number of nitrogens with zero attached hydrogens (tertiary/aromatic N) is 4. The number of benzene rings is 1. The molecule has 0 fully saturated rings. The molecule has 0 radical (unpaired) electrons. The number of aryl methyl sites for hydroxylation is 1. The molecule has 8 heteroatoms. The van der Waals surface area contributed by atoms with Gasteiger partial charge in [-0.3, -0.25) is 14.0 Å². The number of nitrogens with two attached hydrogens (primary N) is 1. The van der Waals surface area contributed by atoms with Crippen LogP contribution < -0.4 is 5.73 Å². The summed E-state index contributed by atoms with van der Waals surface area (Å²) < 4.78 is 1.70. The predicted octanol–water partition coefficient (Wildman–Crippen LogP) is 2.78. The van der Waals surface area contributed by atoms with Gasteiger partial charge in [-0.05, 0) is 42.8 Å². The van der Waals surface area contributed by atoms with Gasteiger partial charge >= 0.3 is 5.97 Å². The topological polar surface area (TPSA) is 122 Å². The van der Waals surface area contributed by atoms with Crippen LogP contribution in [0.15, 0.2) is 52.8 Å². The Morgan fingerprint density at radius 1 is 1.16 bits per heavy atom. The number of carboxylic acid groups (broad SMARTS) is 1. The van der Waals surface area contributed by atoms with Crippen LogP contribution >= 0.6 is 0 Å². The maximum atomic E-state index is 11.1. The Bertz CT molecular complexity index is 989. The fraction of sp³-hybridized carbons (Fsp3) is 0.118. The number of imidazole rings is 1. The van der Waals surface area contributed by atoms with Crippen LogP contribution in [0, 0.1) is 6.92 Å². The van der Waals surface area contributed by atoms with Crippen molar-refractivity contribution in [2.24, 2.45) is 16.0 Å². The fourth-order valence-corrected chi connectivity index (χ4v) is 2.35. The quantitative estimate of drug-likeness (QED) is 0.695. The predicted molar refractivity (Wildman–Crippen MR) is 90.4 cm³/mol. The van der Waals surface area contributed by atoms with Crippen LogP contribution in [0.3, 0.4) is 0 Å². The number of azo groups is 1. The zero-order valence-electron chi connectivity index (χ0n) is 13.4. The standard InChI is InChI=1S/C17H15N5O3/c1-10-2-7-14-19-13(8-15(23)24)17(22(14)9-10)21-20-12-5-3-11(4-6-12)16(18)25/h2-7,9H,8H2,1H3,(H2,18,25)(H,23,24). The maximum Gasteiger partial charge on any atom is 0.309 e. The lowest BCUT2D eigenvalue weighted by Gasteiger charge is -1.99. The Morgan fingerprint density at radius 2 is 1.88 bits per heavy atom. The van der Waals surface area contributed by atoms with Crippen LogP contribution in [0.2, 0.25) is 0 Å². The first-order valence-electron chi connectivity index (χ1n) is 7.45. The first-order valence-corrected chi connectivity index (χ1v) is 7.45. The third-order valence-corrected chi connectivity index (χ3v) is 3.54. The van der Waals surface area contributed by atoms with E-state index in [1.807, 2.05) is 19.2 Å². The number of hydrogen-bond acceptors (Lipinski definition) is 5. The van der Waals surface area contributed by atoms with E-state index in [1.165, 1.54) is 0 Å². The Morgan fingerprint density at radius 3 is 2.52 bits per heavy atom. The lowest BCUT2D eigenvalue weighted by molar-refractivity contribution is -0.136. The normalized spacial score (nSPS) is 11.2. The monoisotopic (exact) mass is 337 g/mol. The SMILES string of the molecule is Cc1ccc2nc(CC(=O)O)c(N=Nc3ccc(C(N)=O)cc3)n2c1. The van der Waals surface area contributed by atoms with E-state index in [-0.39, 0.29) is 6.42 Å². The maximum absolute atomic E-state index is 11.1. The lowest BCUT2D eigenvalue weighted by atomic mass is 10.2. The molecule has 0 saturated heterocycles. The summed E-state index contributed by atoms with van der Waals surface area (Å²) in [5, 5.41) is 17.4. The average Bonchev–Trinajstić information content (AvgIpc) is 2.89. The fourth-order valence-electron chi connectivity index (χ4n) is 2.35. The Hall–Kier alpha value is -3.55. The second-order valence-electron chi connectivity index (χ2n) is 5.50. The van der Waals surface area contributed by atoms with Gasteiger partial charge in [0, 0.05) is 11.8 Å². The molecular formula is C17H15N5O3. The van der Waals surface area contributed by atoms with Crippen molar-refractivity contribution in [2.75, 3.05) is 0 Å². The summed E-state index contributed by atoms with van der Waals surface area (Å²) >= 11 is 0. The van der Waals surface area contributed by atoms with Crippen molar-refractivity contribution < 1.29 is 14.7 Å². The van der Waals surface area contributed by atoms with Crippen molar-refractivity contribution in [3.8, 4) is 0 Å². The van der Waals surface area contributed by atoms with Crippen LogP contribution in [-0.2, 0) is 11.2 Å². The van der Waals surface area contributed by atoms with Crippen molar-refractivity contribution in [3.05, 3.63) is 59.4 Å². The minimum absolute atomic E-state index is 0.254. The van der Waals surface area contributed by atoms with E-state index in [1.54, 1.807) is 34.7 Å². The van der Waals surface area contributed by atoms with Crippen molar-refractivity contribution in [1.82, 2.24) is 9.38 Å². The molecule has 3 rings (SSSR count). The van der Waals surface area contributed by atoms with E-state index in [0.29, 0.717) is 28.4 Å². The Balaban J connectivity index is 2.02. The Labute approximate surface area is 142 Å². The molecule has 0 aliphatic rings. The molecule has 126 valence electrons. The van der Waals surface area contributed by atoms with Crippen LogP contribution in [0.25, 0.3) is 5.65 Å². The number of fused-ring (bicyclic) bond motifs is 1. The number of aromatic nitrogens is 2. The molecule has 2 aromatic heterocycles. The van der Waals surface area contributed by atoms with Crippen LogP contribution in [0.1, 0.15) is 21.6 Å². The molecule has 8 nitrogen and oxygen atoms in total. The summed E-state index contributed by atoms with van der Waals surface area (Å²) in [4.78, 5) is 26.5. The zero-order chi connectivity index (χ0) is 18.0. The number of hydrogen-bond donors (Lipinski definition) is 2. The molecule has 0 bridgehead atoms. The van der Waals surface area contributed by atoms with Gasteiger partial charge in [-0.1, -0.05) is 6.07 Å². The number of pyridine rings is 1. The molecule has 1 aromatic carbocycles. The van der Waals surface area contributed by atoms with E-state index >= 15 is 0 Å². The third-order valence-electron chi connectivity index (χ3n) is 3.54. The molecule has 0 aliphatic carbocycles. The number of primary amides is 1. The zero-order valence-corrected chi connectivity index (χ0v) is 13.4. The first kappa shape index (κ1) is 16.3. The van der Waals surface area contributed by atoms with Crippen molar-refractivity contribution >= 4 is 29.0 Å². The summed E-state index contributed by atoms with van der Waals surface area (Å²) in [7, 11) is 0. The summed E-state index contributed by atoms with van der Waals surface area (Å²) in [6.07, 6.45) is 1.56. The lowest BCUT2D eigenvalue weighted by Crippen LogP contribution is -2.10. The van der Waals surface area contributed by atoms with Gasteiger partial charge in [0.05, 0.1) is 17.8 Å². The van der Waals surface area contributed by atoms with Crippen LogP contribution in [-0.4, -0.2) is 26.4 Å². The van der Waals surface area contributed by atoms with Crippen molar-refractivity contribution in [2.45, 2.75) is 13.3 Å². The van der Waals surface area contributed by atoms with E-state index in [4.69, 9.17) is 10.8 Å². The second-order valence-corrected chi connectivity index (χ2v) is 5.50. The van der Waals surface area contributed by atoms with Gasteiger partial charge in [-0.15, -0.1) is 10.2 Å². The van der Waals surface area contributed by atoms with E-state index < -0.39 is 11.9 Å². The highest BCUT2D eigenvalue weighted by Gasteiger charge is 2.15. The highest BCUT2D eigenvalue weighted by atomic mass is 16.4. The number of aliphatic carboxylic acids is 1. The van der Waals surface area contributed by atoms with Gasteiger partial charge < -0.3 is 10.8 Å². The number of carboxylic acids is 1. The first-order chi connectivity index (χ1) is 11.9. The van der Waals surface area contributed by atoms with Gasteiger partial charge in [-0.2, -0.15) is 0 Å². The van der Waals surface area contributed by atoms with Gasteiger partial charge in [0.2, 0.25) is 5.91 Å². The molecule has 0 saturated carbocycles. The summed E-state index contributed by atoms with van der Waals surface area (Å²) in [6.45, 7) is 1.92. The minimum atomic E-state index is -0.998. The summed E-state index contributed by atoms with van der Waals surface area (Å²) in [5.41, 5.74) is 7.98. The van der Waals surface area contributed by atoms with Gasteiger partial charge in [-0.25, -0.2) is 4.98 Å². The second kappa shape index (κ2) is 6.52. The van der Waals surface area contributed by atoms with Crippen LogP contribution in [0.5, 0.6) is 0 Å². The van der Waals surface area contributed by atoms with Gasteiger partial charge in [0.25, 0.3) is 0 Å². The van der Waals surface area contributed by atoms with E-state index in [9.17, 15) is 9.59 Å². The van der Waals surface area contributed by atoms with E-state index in [0.717, 1.165) is 5.56 Å². The minimum Gasteiger partial charge on any atom is -0.481 e. The molecule has 0 atom stereocenters. The number of carbonyl (C=O) groups is 2. The molecular weight excluding hydrogens is 322 g/mol. The van der Waals surface area contributed by atoms with Crippen molar-refractivity contribution in [3.63, 3.8) is 0 Å². The Kier molecular flexibility index (Phi) is 4.25. The number of carbonyl (C=O) groups excluding carboxylic acids is 1. The van der Waals surface area contributed by atoms with Crippen LogP contribution in [0.4, 0.5) is 11.5 Å². The van der Waals surface area contributed by atoms with Gasteiger partial charge in [0.15, 0.2) is 5.82 Å². The average molecular weight is 337 g/mol. The highest BCUT2D eigenvalue weighted by molar-refractivity contribution is 5.93. The summed E-state index contributed by atoms with van der Waals surface area (Å²) in [6, 6.07) is 9.99. The molecule has 1 amide bonds. The molecule has 0 spiro atoms. The largest absolute Gasteiger partial charge is 0.481 e. The molecule has 3 N–H and O–H groups in total.